The van der Waals surface area contributed by atoms with Crippen LogP contribution >= 0.6 is 0 Å². The van der Waals surface area contributed by atoms with E-state index >= 15 is 0 Å². The quantitative estimate of drug-likeness (QED) is 0.851. The summed E-state index contributed by atoms with van der Waals surface area (Å²) in [5.74, 6) is 1.24. The fraction of sp³-hybridized carbons (Fsp3) is 0.333. The third-order valence-corrected chi connectivity index (χ3v) is 2.44. The zero-order valence-electron chi connectivity index (χ0n) is 9.59. The molecule has 0 fully saturated rings. The average molecular weight is 216 g/mol. The maximum absolute atomic E-state index is 5.56. The fourth-order valence-corrected chi connectivity index (χ4v) is 1.48. The van der Waals surface area contributed by atoms with Crippen LogP contribution in [0.25, 0.3) is 5.82 Å². The van der Waals surface area contributed by atoms with E-state index in [9.17, 15) is 0 Å². The smallest absolute Gasteiger partial charge is 0.153 e. The molecule has 0 aliphatic heterocycles. The molecule has 0 radical (unpaired) electrons. The van der Waals surface area contributed by atoms with Crippen molar-refractivity contribution in [3.63, 3.8) is 0 Å². The summed E-state index contributed by atoms with van der Waals surface area (Å²) < 4.78 is 1.79. The minimum atomic E-state index is 0.430. The molecule has 0 spiro atoms. The average Bonchev–Trinajstić information content (AvgIpc) is 2.78. The van der Waals surface area contributed by atoms with Crippen LogP contribution in [0.2, 0.25) is 0 Å². The molecule has 16 heavy (non-hydrogen) atoms. The number of nitrogens with two attached hydrogens (primary N) is 1. The van der Waals surface area contributed by atoms with Gasteiger partial charge in [-0.2, -0.15) is 5.10 Å². The van der Waals surface area contributed by atoms with Gasteiger partial charge in [-0.05, 0) is 24.1 Å². The normalized spacial score (nSPS) is 11.0. The molecule has 0 amide bonds. The maximum atomic E-state index is 5.56. The molecule has 0 aromatic carbocycles. The molecule has 2 N–H and O–H groups in total. The Balaban J connectivity index is 2.34. The number of pyridine rings is 1. The predicted molar refractivity (Wildman–Crippen MR) is 63.3 cm³/mol. The molecule has 0 saturated heterocycles. The first-order valence-electron chi connectivity index (χ1n) is 5.42. The molecule has 0 aliphatic carbocycles. The largest absolute Gasteiger partial charge is 0.325 e. The first kappa shape index (κ1) is 10.8. The van der Waals surface area contributed by atoms with E-state index in [1.807, 2.05) is 30.5 Å². The van der Waals surface area contributed by atoms with Crippen LogP contribution in [-0.4, -0.2) is 14.8 Å². The molecule has 0 aliphatic rings. The number of aromatic nitrogens is 3. The highest BCUT2D eigenvalue weighted by molar-refractivity contribution is 5.24. The molecule has 2 rings (SSSR count). The van der Waals surface area contributed by atoms with Gasteiger partial charge in [0.25, 0.3) is 0 Å². The maximum Gasteiger partial charge on any atom is 0.153 e. The van der Waals surface area contributed by atoms with Crippen LogP contribution in [0.15, 0.2) is 30.5 Å². The predicted octanol–water partition coefficient (Wildman–Crippen LogP) is 1.85. The van der Waals surface area contributed by atoms with Gasteiger partial charge < -0.3 is 5.73 Å². The van der Waals surface area contributed by atoms with Crippen molar-refractivity contribution >= 4 is 0 Å². The highest BCUT2D eigenvalue weighted by Crippen LogP contribution is 2.13. The lowest BCUT2D eigenvalue weighted by Gasteiger charge is -2.03. The Morgan fingerprint density at radius 2 is 2.12 bits per heavy atom. The van der Waals surface area contributed by atoms with Crippen molar-refractivity contribution < 1.29 is 0 Å². The summed E-state index contributed by atoms with van der Waals surface area (Å²) in [5, 5.41) is 4.47. The van der Waals surface area contributed by atoms with Gasteiger partial charge >= 0.3 is 0 Å². The summed E-state index contributed by atoms with van der Waals surface area (Å²) in [6, 6.07) is 7.80. The molecule has 4 nitrogen and oxygen atoms in total. The fourth-order valence-electron chi connectivity index (χ4n) is 1.48. The van der Waals surface area contributed by atoms with Crippen molar-refractivity contribution in [2.75, 3.05) is 0 Å². The summed E-state index contributed by atoms with van der Waals surface area (Å²) in [7, 11) is 0. The van der Waals surface area contributed by atoms with Crippen molar-refractivity contribution in [2.45, 2.75) is 26.3 Å². The van der Waals surface area contributed by atoms with Crippen molar-refractivity contribution in [3.05, 3.63) is 41.9 Å². The van der Waals surface area contributed by atoms with Crippen LogP contribution in [0.1, 0.15) is 31.2 Å². The van der Waals surface area contributed by atoms with Crippen LogP contribution in [0.5, 0.6) is 0 Å². The highest BCUT2D eigenvalue weighted by atomic mass is 15.3. The number of hydrogen-bond donors (Lipinski definition) is 1. The molecule has 2 heterocycles. The SMILES string of the molecule is CC(C)c1ccn(-c2cccc(CN)n2)n1. The second kappa shape index (κ2) is 4.45. The van der Waals surface area contributed by atoms with Crippen molar-refractivity contribution in [3.8, 4) is 5.82 Å². The Morgan fingerprint density at radius 3 is 2.75 bits per heavy atom. The molecule has 84 valence electrons. The van der Waals surface area contributed by atoms with E-state index in [1.165, 1.54) is 0 Å². The third-order valence-electron chi connectivity index (χ3n) is 2.44. The number of nitrogens with zero attached hydrogens (tertiary/aromatic N) is 3. The first-order chi connectivity index (χ1) is 7.70. The second-order valence-electron chi connectivity index (χ2n) is 4.03. The number of hydrogen-bond acceptors (Lipinski definition) is 3. The van der Waals surface area contributed by atoms with Gasteiger partial charge in [-0.1, -0.05) is 19.9 Å². The lowest BCUT2D eigenvalue weighted by Crippen LogP contribution is -2.04. The van der Waals surface area contributed by atoms with Crippen LogP contribution in [0.3, 0.4) is 0 Å². The molecule has 0 unspecified atom stereocenters. The van der Waals surface area contributed by atoms with Crippen LogP contribution < -0.4 is 5.73 Å². The summed E-state index contributed by atoms with van der Waals surface area (Å²) in [6.45, 7) is 4.69. The van der Waals surface area contributed by atoms with E-state index in [0.717, 1.165) is 17.2 Å². The van der Waals surface area contributed by atoms with Crippen molar-refractivity contribution in [1.29, 1.82) is 0 Å². The molecular weight excluding hydrogens is 200 g/mol. The van der Waals surface area contributed by atoms with E-state index in [1.54, 1.807) is 4.68 Å². The lowest BCUT2D eigenvalue weighted by atomic mass is 10.1. The van der Waals surface area contributed by atoms with Crippen LogP contribution in [0.4, 0.5) is 0 Å². The topological polar surface area (TPSA) is 56.7 Å². The molecule has 4 heteroatoms. The lowest BCUT2D eigenvalue weighted by molar-refractivity contribution is 0.753. The van der Waals surface area contributed by atoms with Gasteiger partial charge in [0.05, 0.1) is 11.4 Å². The summed E-state index contributed by atoms with van der Waals surface area (Å²) in [6.07, 6.45) is 1.93. The first-order valence-corrected chi connectivity index (χ1v) is 5.42. The highest BCUT2D eigenvalue weighted by Gasteiger charge is 2.05. The Labute approximate surface area is 95.1 Å². The summed E-state index contributed by atoms with van der Waals surface area (Å²) in [5.41, 5.74) is 7.50. The standard InChI is InChI=1S/C12H16N4/c1-9(2)11-6-7-16(15-11)12-5-3-4-10(8-13)14-12/h3-7,9H,8,13H2,1-2H3. The van der Waals surface area contributed by atoms with Gasteiger partial charge in [0.15, 0.2) is 5.82 Å². The molecule has 2 aromatic heterocycles. The molecular formula is C12H16N4. The monoisotopic (exact) mass is 216 g/mol. The molecule has 0 bridgehead atoms. The Morgan fingerprint density at radius 1 is 1.31 bits per heavy atom. The second-order valence-corrected chi connectivity index (χ2v) is 4.03. The molecule has 0 saturated carbocycles. The van der Waals surface area contributed by atoms with Crippen LogP contribution in [-0.2, 0) is 6.54 Å². The van der Waals surface area contributed by atoms with Crippen molar-refractivity contribution in [2.24, 2.45) is 5.73 Å². The van der Waals surface area contributed by atoms with Gasteiger partial charge in [0.2, 0.25) is 0 Å². The van der Waals surface area contributed by atoms with Gasteiger partial charge in [0.1, 0.15) is 0 Å². The van der Waals surface area contributed by atoms with E-state index in [-0.39, 0.29) is 0 Å². The summed E-state index contributed by atoms with van der Waals surface area (Å²) >= 11 is 0. The Kier molecular flexibility index (Phi) is 3.01. The molecule has 2 aromatic rings. The van der Waals surface area contributed by atoms with Gasteiger partial charge in [-0.15, -0.1) is 0 Å². The minimum absolute atomic E-state index is 0.430. The van der Waals surface area contributed by atoms with E-state index < -0.39 is 0 Å². The Hall–Kier alpha value is -1.68. The van der Waals surface area contributed by atoms with Crippen molar-refractivity contribution in [1.82, 2.24) is 14.8 Å². The zero-order chi connectivity index (χ0) is 11.5. The molecule has 0 atom stereocenters. The Bertz CT molecular complexity index is 473. The minimum Gasteiger partial charge on any atom is -0.325 e. The number of rotatable bonds is 3. The van der Waals surface area contributed by atoms with Gasteiger partial charge in [0, 0.05) is 12.7 Å². The van der Waals surface area contributed by atoms with Gasteiger partial charge in [-0.25, -0.2) is 9.67 Å². The zero-order valence-corrected chi connectivity index (χ0v) is 9.59. The van der Waals surface area contributed by atoms with E-state index in [0.29, 0.717) is 12.5 Å². The van der Waals surface area contributed by atoms with E-state index in [4.69, 9.17) is 5.73 Å². The van der Waals surface area contributed by atoms with Gasteiger partial charge in [-0.3, -0.25) is 0 Å². The van der Waals surface area contributed by atoms with E-state index in [2.05, 4.69) is 23.9 Å². The van der Waals surface area contributed by atoms with Crippen LogP contribution in [0, 0.1) is 0 Å². The summed E-state index contributed by atoms with van der Waals surface area (Å²) in [4.78, 5) is 4.41. The third kappa shape index (κ3) is 2.12.